The van der Waals surface area contributed by atoms with Crippen LogP contribution >= 0.6 is 0 Å². The summed E-state index contributed by atoms with van der Waals surface area (Å²) in [5, 5.41) is 4.30. The van der Waals surface area contributed by atoms with Gasteiger partial charge in [0.1, 0.15) is 0 Å². The lowest BCUT2D eigenvalue weighted by Gasteiger charge is -2.14. The van der Waals surface area contributed by atoms with E-state index in [9.17, 15) is 0 Å². The van der Waals surface area contributed by atoms with Crippen molar-refractivity contribution in [3.63, 3.8) is 0 Å². The van der Waals surface area contributed by atoms with Gasteiger partial charge in [0.15, 0.2) is 5.82 Å². The van der Waals surface area contributed by atoms with Crippen molar-refractivity contribution in [1.82, 2.24) is 14.8 Å². The standard InChI is InChI=1S/C10H12N4/c1-13-7-5-10(12-13)14(2)9-4-3-6-11-8-9/h3-8H,1-2H3. The van der Waals surface area contributed by atoms with Crippen molar-refractivity contribution in [2.24, 2.45) is 7.05 Å². The van der Waals surface area contributed by atoms with Crippen LogP contribution in [0.1, 0.15) is 0 Å². The summed E-state index contributed by atoms with van der Waals surface area (Å²) in [6.45, 7) is 0. The van der Waals surface area contributed by atoms with Crippen molar-refractivity contribution in [1.29, 1.82) is 0 Å². The number of rotatable bonds is 2. The van der Waals surface area contributed by atoms with E-state index in [4.69, 9.17) is 0 Å². The number of hydrogen-bond donors (Lipinski definition) is 0. The lowest BCUT2D eigenvalue weighted by molar-refractivity contribution is 0.765. The van der Waals surface area contributed by atoms with Gasteiger partial charge < -0.3 is 4.90 Å². The van der Waals surface area contributed by atoms with E-state index in [2.05, 4.69) is 10.1 Å². The van der Waals surface area contributed by atoms with E-state index >= 15 is 0 Å². The molecule has 0 atom stereocenters. The first-order chi connectivity index (χ1) is 6.77. The van der Waals surface area contributed by atoms with Gasteiger partial charge in [-0.15, -0.1) is 0 Å². The molecule has 14 heavy (non-hydrogen) atoms. The highest BCUT2D eigenvalue weighted by Crippen LogP contribution is 2.19. The Hall–Kier alpha value is -1.84. The highest BCUT2D eigenvalue weighted by molar-refractivity contribution is 5.56. The van der Waals surface area contributed by atoms with E-state index in [0.717, 1.165) is 11.5 Å². The predicted octanol–water partition coefficient (Wildman–Crippen LogP) is 1.58. The Labute approximate surface area is 82.8 Å². The molecule has 4 heteroatoms. The fourth-order valence-electron chi connectivity index (χ4n) is 1.27. The number of pyridine rings is 1. The van der Waals surface area contributed by atoms with Crippen LogP contribution in [0.4, 0.5) is 11.5 Å². The third kappa shape index (κ3) is 1.59. The van der Waals surface area contributed by atoms with Crippen LogP contribution in [0, 0.1) is 0 Å². The third-order valence-electron chi connectivity index (χ3n) is 2.08. The normalized spacial score (nSPS) is 10.1. The molecule has 0 aliphatic rings. The average molecular weight is 188 g/mol. The zero-order chi connectivity index (χ0) is 9.97. The highest BCUT2D eigenvalue weighted by Gasteiger charge is 2.05. The van der Waals surface area contributed by atoms with E-state index in [1.54, 1.807) is 10.9 Å². The average Bonchev–Trinajstić information content (AvgIpc) is 2.65. The van der Waals surface area contributed by atoms with Crippen LogP contribution in [0.15, 0.2) is 36.8 Å². The molecule has 2 rings (SSSR count). The first-order valence-electron chi connectivity index (χ1n) is 4.41. The van der Waals surface area contributed by atoms with E-state index in [1.165, 1.54) is 0 Å². The molecule has 0 aromatic carbocycles. The Morgan fingerprint density at radius 1 is 1.36 bits per heavy atom. The predicted molar refractivity (Wildman–Crippen MR) is 55.5 cm³/mol. The maximum absolute atomic E-state index is 4.30. The molecule has 0 radical (unpaired) electrons. The molecule has 0 saturated heterocycles. The van der Waals surface area contributed by atoms with Crippen molar-refractivity contribution in [3.8, 4) is 0 Å². The maximum atomic E-state index is 4.30. The monoisotopic (exact) mass is 188 g/mol. The first kappa shape index (κ1) is 8.74. The molecule has 0 saturated carbocycles. The van der Waals surface area contributed by atoms with Gasteiger partial charge in [0.25, 0.3) is 0 Å². The Kier molecular flexibility index (Phi) is 2.18. The molecule has 0 fully saturated rings. The van der Waals surface area contributed by atoms with Crippen molar-refractivity contribution < 1.29 is 0 Å². The number of nitrogens with zero attached hydrogens (tertiary/aromatic N) is 4. The molecule has 0 bridgehead atoms. The van der Waals surface area contributed by atoms with Gasteiger partial charge in [0.2, 0.25) is 0 Å². The summed E-state index contributed by atoms with van der Waals surface area (Å²) in [5.41, 5.74) is 1.03. The summed E-state index contributed by atoms with van der Waals surface area (Å²) in [4.78, 5) is 6.05. The van der Waals surface area contributed by atoms with Crippen molar-refractivity contribution in [3.05, 3.63) is 36.8 Å². The van der Waals surface area contributed by atoms with E-state index < -0.39 is 0 Å². The van der Waals surface area contributed by atoms with Gasteiger partial charge in [-0.1, -0.05) is 0 Å². The molecule has 4 nitrogen and oxygen atoms in total. The van der Waals surface area contributed by atoms with Crippen LogP contribution in [-0.4, -0.2) is 21.8 Å². The van der Waals surface area contributed by atoms with Gasteiger partial charge in [-0.2, -0.15) is 5.10 Å². The lowest BCUT2D eigenvalue weighted by atomic mass is 10.4. The minimum absolute atomic E-state index is 0.917. The molecule has 0 aliphatic carbocycles. The fourth-order valence-corrected chi connectivity index (χ4v) is 1.27. The molecular weight excluding hydrogens is 176 g/mol. The number of anilines is 2. The zero-order valence-electron chi connectivity index (χ0n) is 8.25. The van der Waals surface area contributed by atoms with Gasteiger partial charge in [-0.25, -0.2) is 0 Å². The van der Waals surface area contributed by atoms with Crippen molar-refractivity contribution >= 4 is 11.5 Å². The Bertz CT molecular complexity index is 407. The SMILES string of the molecule is CN(c1cccnc1)c1ccn(C)n1. The van der Waals surface area contributed by atoms with Gasteiger partial charge in [-0.05, 0) is 12.1 Å². The number of hydrogen-bond acceptors (Lipinski definition) is 3. The fraction of sp³-hybridized carbons (Fsp3) is 0.200. The smallest absolute Gasteiger partial charge is 0.154 e. The van der Waals surface area contributed by atoms with Crippen molar-refractivity contribution in [2.75, 3.05) is 11.9 Å². The summed E-state index contributed by atoms with van der Waals surface area (Å²) in [7, 11) is 3.87. The summed E-state index contributed by atoms with van der Waals surface area (Å²) in [6, 6.07) is 5.88. The van der Waals surface area contributed by atoms with Crippen LogP contribution < -0.4 is 4.90 Å². The van der Waals surface area contributed by atoms with Crippen LogP contribution in [0.25, 0.3) is 0 Å². The molecule has 0 N–H and O–H groups in total. The van der Waals surface area contributed by atoms with Gasteiger partial charge in [0, 0.05) is 32.6 Å². The van der Waals surface area contributed by atoms with E-state index in [-0.39, 0.29) is 0 Å². The van der Waals surface area contributed by atoms with E-state index in [1.807, 2.05) is 49.6 Å². The molecule has 2 heterocycles. The minimum Gasteiger partial charge on any atom is -0.327 e. The first-order valence-corrected chi connectivity index (χ1v) is 4.41. The molecule has 0 aliphatic heterocycles. The maximum Gasteiger partial charge on any atom is 0.154 e. The van der Waals surface area contributed by atoms with Gasteiger partial charge in [-0.3, -0.25) is 9.67 Å². The largest absolute Gasteiger partial charge is 0.327 e. The Morgan fingerprint density at radius 3 is 2.79 bits per heavy atom. The topological polar surface area (TPSA) is 34.0 Å². The Balaban J connectivity index is 2.29. The van der Waals surface area contributed by atoms with E-state index in [0.29, 0.717) is 0 Å². The quantitative estimate of drug-likeness (QED) is 0.717. The van der Waals surface area contributed by atoms with Crippen LogP contribution in [0.5, 0.6) is 0 Å². The molecule has 2 aromatic rings. The summed E-state index contributed by atoms with van der Waals surface area (Å²) < 4.78 is 1.78. The minimum atomic E-state index is 0.917. The Morgan fingerprint density at radius 2 is 2.21 bits per heavy atom. The second-order valence-electron chi connectivity index (χ2n) is 3.12. The summed E-state index contributed by atoms with van der Waals surface area (Å²) in [5.74, 6) is 0.917. The van der Waals surface area contributed by atoms with Crippen LogP contribution in [0.2, 0.25) is 0 Å². The van der Waals surface area contributed by atoms with Crippen LogP contribution in [-0.2, 0) is 7.05 Å². The summed E-state index contributed by atoms with van der Waals surface area (Å²) in [6.07, 6.45) is 5.49. The highest BCUT2D eigenvalue weighted by atomic mass is 15.3. The van der Waals surface area contributed by atoms with Crippen molar-refractivity contribution in [2.45, 2.75) is 0 Å². The molecule has 72 valence electrons. The number of aryl methyl sites for hydroxylation is 1. The number of aromatic nitrogens is 3. The van der Waals surface area contributed by atoms with Gasteiger partial charge in [0.05, 0.1) is 11.9 Å². The lowest BCUT2D eigenvalue weighted by Crippen LogP contribution is -2.10. The van der Waals surface area contributed by atoms with Gasteiger partial charge >= 0.3 is 0 Å². The molecular formula is C10H12N4. The molecule has 0 spiro atoms. The molecule has 0 amide bonds. The second-order valence-corrected chi connectivity index (χ2v) is 3.12. The molecule has 0 unspecified atom stereocenters. The zero-order valence-corrected chi connectivity index (χ0v) is 8.25. The van der Waals surface area contributed by atoms with Crippen LogP contribution in [0.3, 0.4) is 0 Å². The molecule has 2 aromatic heterocycles. The third-order valence-corrected chi connectivity index (χ3v) is 2.08. The summed E-state index contributed by atoms with van der Waals surface area (Å²) >= 11 is 0. The second kappa shape index (κ2) is 3.49.